The lowest BCUT2D eigenvalue weighted by Crippen LogP contribution is -2.37. The van der Waals surface area contributed by atoms with Gasteiger partial charge in [-0.1, -0.05) is 24.3 Å². The summed E-state index contributed by atoms with van der Waals surface area (Å²) in [5, 5.41) is 16.3. The second kappa shape index (κ2) is 7.89. The Morgan fingerprint density at radius 2 is 1.80 bits per heavy atom. The summed E-state index contributed by atoms with van der Waals surface area (Å²) in [6.07, 6.45) is 0. The van der Waals surface area contributed by atoms with Crippen molar-refractivity contribution in [2.24, 2.45) is 0 Å². The Morgan fingerprint density at radius 1 is 1.00 bits per heavy atom. The first kappa shape index (κ1) is 18.8. The molecule has 0 radical (unpaired) electrons. The molecular formula is C22H26N8. The van der Waals surface area contributed by atoms with Gasteiger partial charge in [-0.05, 0) is 24.3 Å². The van der Waals surface area contributed by atoms with Gasteiger partial charge in [0.1, 0.15) is 0 Å². The summed E-state index contributed by atoms with van der Waals surface area (Å²) in [5.41, 5.74) is 3.81. The monoisotopic (exact) mass is 402 g/mol. The number of fused-ring (bicyclic) bond motifs is 3. The fourth-order valence-electron chi connectivity index (χ4n) is 3.78. The highest BCUT2D eigenvalue weighted by Crippen LogP contribution is 2.26. The molecule has 0 bridgehead atoms. The quantitative estimate of drug-likeness (QED) is 0.481. The highest BCUT2D eigenvalue weighted by atomic mass is 15.4. The molecule has 8 heteroatoms. The third-order valence-electron chi connectivity index (χ3n) is 5.39. The minimum Gasteiger partial charge on any atom is -0.378 e. The standard InChI is InChI=1S/C22H26N8/c1-29(2)17-7-5-6-15(12-17)20-27-21-18-8-3-4-9-19(18)26-22(30(21)28-20)25-16-13-23-10-11-24-14-16/h3-9,12,16,23-24H,10-11,13-14H2,1-2H3,(H,25,26). The largest absolute Gasteiger partial charge is 0.378 e. The van der Waals surface area contributed by atoms with Gasteiger partial charge in [0.25, 0.3) is 0 Å². The molecule has 5 rings (SSSR count). The van der Waals surface area contributed by atoms with Crippen LogP contribution in [0.3, 0.4) is 0 Å². The van der Waals surface area contributed by atoms with Crippen LogP contribution in [0, 0.1) is 0 Å². The van der Waals surface area contributed by atoms with E-state index in [1.165, 1.54) is 0 Å². The summed E-state index contributed by atoms with van der Waals surface area (Å²) >= 11 is 0. The van der Waals surface area contributed by atoms with Gasteiger partial charge in [-0.3, -0.25) is 0 Å². The average Bonchev–Trinajstić information content (AvgIpc) is 3.07. The smallest absolute Gasteiger partial charge is 0.226 e. The molecule has 2 aromatic carbocycles. The van der Waals surface area contributed by atoms with E-state index >= 15 is 0 Å². The SMILES string of the molecule is CN(C)c1cccc(-c2nc3c4ccccc4nc(NC4CNCCNC4)n3n2)c1. The van der Waals surface area contributed by atoms with E-state index in [1.54, 1.807) is 0 Å². The molecule has 4 aromatic rings. The van der Waals surface area contributed by atoms with E-state index < -0.39 is 0 Å². The summed E-state index contributed by atoms with van der Waals surface area (Å²) in [7, 11) is 4.06. The minimum absolute atomic E-state index is 0.217. The molecule has 1 saturated heterocycles. The highest BCUT2D eigenvalue weighted by Gasteiger charge is 2.18. The summed E-state index contributed by atoms with van der Waals surface area (Å²) in [4.78, 5) is 11.9. The van der Waals surface area contributed by atoms with Crippen molar-refractivity contribution in [2.75, 3.05) is 50.5 Å². The number of benzene rings is 2. The van der Waals surface area contributed by atoms with Gasteiger partial charge in [0.15, 0.2) is 11.5 Å². The maximum Gasteiger partial charge on any atom is 0.226 e. The maximum absolute atomic E-state index is 4.91. The van der Waals surface area contributed by atoms with Crippen molar-refractivity contribution >= 4 is 28.2 Å². The van der Waals surface area contributed by atoms with Gasteiger partial charge < -0.3 is 20.9 Å². The molecule has 0 spiro atoms. The van der Waals surface area contributed by atoms with Crippen LogP contribution in [0.25, 0.3) is 27.9 Å². The maximum atomic E-state index is 4.91. The molecule has 0 saturated carbocycles. The Hall–Kier alpha value is -3.23. The molecule has 0 aliphatic carbocycles. The van der Waals surface area contributed by atoms with E-state index in [1.807, 2.05) is 55.0 Å². The molecule has 0 unspecified atom stereocenters. The van der Waals surface area contributed by atoms with E-state index in [0.717, 1.165) is 54.0 Å². The van der Waals surface area contributed by atoms with Gasteiger partial charge in [-0.15, -0.1) is 5.10 Å². The molecule has 154 valence electrons. The zero-order chi connectivity index (χ0) is 20.5. The molecule has 1 aliphatic heterocycles. The van der Waals surface area contributed by atoms with E-state index in [-0.39, 0.29) is 6.04 Å². The fourth-order valence-corrected chi connectivity index (χ4v) is 3.78. The van der Waals surface area contributed by atoms with Crippen molar-refractivity contribution in [1.82, 2.24) is 30.2 Å². The molecular weight excluding hydrogens is 376 g/mol. The van der Waals surface area contributed by atoms with Crippen LogP contribution in [0.2, 0.25) is 0 Å². The molecule has 3 N–H and O–H groups in total. The predicted molar refractivity (Wildman–Crippen MR) is 121 cm³/mol. The molecule has 2 aromatic heterocycles. The zero-order valence-electron chi connectivity index (χ0n) is 17.3. The molecule has 1 aliphatic rings. The van der Waals surface area contributed by atoms with E-state index in [9.17, 15) is 0 Å². The van der Waals surface area contributed by atoms with Gasteiger partial charge in [-0.2, -0.15) is 4.52 Å². The first-order chi connectivity index (χ1) is 14.7. The number of nitrogens with one attached hydrogen (secondary N) is 3. The van der Waals surface area contributed by atoms with Crippen LogP contribution in [0.15, 0.2) is 48.5 Å². The predicted octanol–water partition coefficient (Wildman–Crippen LogP) is 1.98. The molecule has 0 atom stereocenters. The second-order valence-corrected chi connectivity index (χ2v) is 7.82. The minimum atomic E-state index is 0.217. The molecule has 30 heavy (non-hydrogen) atoms. The highest BCUT2D eigenvalue weighted by molar-refractivity contribution is 5.92. The van der Waals surface area contributed by atoms with Crippen molar-refractivity contribution in [2.45, 2.75) is 6.04 Å². The van der Waals surface area contributed by atoms with Crippen LogP contribution >= 0.6 is 0 Å². The Balaban J connectivity index is 1.63. The van der Waals surface area contributed by atoms with Crippen LogP contribution in [0.5, 0.6) is 0 Å². The number of nitrogens with zero attached hydrogens (tertiary/aromatic N) is 5. The van der Waals surface area contributed by atoms with Crippen LogP contribution in [-0.4, -0.2) is 65.9 Å². The lowest BCUT2D eigenvalue weighted by atomic mass is 10.2. The first-order valence-electron chi connectivity index (χ1n) is 10.3. The lowest BCUT2D eigenvalue weighted by molar-refractivity contribution is 0.644. The second-order valence-electron chi connectivity index (χ2n) is 7.82. The Kier molecular flexibility index (Phi) is 4.94. The third kappa shape index (κ3) is 3.55. The third-order valence-corrected chi connectivity index (χ3v) is 5.39. The first-order valence-corrected chi connectivity index (χ1v) is 10.3. The van der Waals surface area contributed by atoms with Crippen LogP contribution < -0.4 is 20.9 Å². The zero-order valence-corrected chi connectivity index (χ0v) is 17.3. The van der Waals surface area contributed by atoms with Crippen molar-refractivity contribution in [3.8, 4) is 11.4 Å². The lowest BCUT2D eigenvalue weighted by Gasteiger charge is -2.17. The Morgan fingerprint density at radius 3 is 2.60 bits per heavy atom. The summed E-state index contributed by atoms with van der Waals surface area (Å²) in [6, 6.07) is 16.6. The normalized spacial score (nSPS) is 15.4. The van der Waals surface area contributed by atoms with Crippen molar-refractivity contribution < 1.29 is 0 Å². The summed E-state index contributed by atoms with van der Waals surface area (Å²) < 4.78 is 1.84. The van der Waals surface area contributed by atoms with Gasteiger partial charge in [0, 0.05) is 56.9 Å². The Bertz CT molecular complexity index is 1170. The molecule has 0 amide bonds. The number of hydrogen-bond donors (Lipinski definition) is 3. The number of aromatic nitrogens is 4. The summed E-state index contributed by atoms with van der Waals surface area (Å²) in [6.45, 7) is 3.67. The van der Waals surface area contributed by atoms with E-state index in [4.69, 9.17) is 15.1 Å². The number of rotatable bonds is 4. The fraction of sp³-hybridized carbons (Fsp3) is 0.318. The van der Waals surface area contributed by atoms with Gasteiger partial charge in [0.05, 0.1) is 11.6 Å². The molecule has 3 heterocycles. The van der Waals surface area contributed by atoms with Gasteiger partial charge in [-0.25, -0.2) is 9.97 Å². The van der Waals surface area contributed by atoms with Crippen molar-refractivity contribution in [1.29, 1.82) is 0 Å². The van der Waals surface area contributed by atoms with Gasteiger partial charge in [0.2, 0.25) is 5.95 Å². The summed E-state index contributed by atoms with van der Waals surface area (Å²) in [5.74, 6) is 1.40. The Labute approximate surface area is 175 Å². The topological polar surface area (TPSA) is 82.4 Å². The number of para-hydroxylation sites is 1. The number of hydrogen-bond acceptors (Lipinski definition) is 7. The van der Waals surface area contributed by atoms with Crippen LogP contribution in [-0.2, 0) is 0 Å². The van der Waals surface area contributed by atoms with E-state index in [0.29, 0.717) is 11.8 Å². The van der Waals surface area contributed by atoms with Gasteiger partial charge >= 0.3 is 0 Å². The molecule has 8 nitrogen and oxygen atoms in total. The number of anilines is 2. The van der Waals surface area contributed by atoms with E-state index in [2.05, 4.69) is 33.0 Å². The van der Waals surface area contributed by atoms with Crippen molar-refractivity contribution in [3.63, 3.8) is 0 Å². The molecule has 1 fully saturated rings. The van der Waals surface area contributed by atoms with Crippen LogP contribution in [0.4, 0.5) is 11.6 Å². The van der Waals surface area contributed by atoms with Crippen LogP contribution in [0.1, 0.15) is 0 Å². The average molecular weight is 403 g/mol. The van der Waals surface area contributed by atoms with Crippen molar-refractivity contribution in [3.05, 3.63) is 48.5 Å².